The van der Waals surface area contributed by atoms with Crippen molar-refractivity contribution in [1.29, 1.82) is 0 Å². The number of aryl methyl sites for hydroxylation is 2. The van der Waals surface area contributed by atoms with E-state index in [2.05, 4.69) is 108 Å². The molecule has 0 saturated carbocycles. The standard InChI is InChI=1S/C23H29.2C6H4Cl.C5H5.CH2.2ClH.Zr/c1-14-9-16-11-17-10-15(2)21(23(6,7)8)13-19(17)18(16)12-20(14)22(3,4)5;2*7-6-4-2-1-3-5-6;1-2-4-5-3-1;;;;/h9,12-13H,11H2,1-8H3;2*1-2,4-5H;1-3H,4H2;1H2;2*1H;/q4*-1;;;;. The normalized spacial score (nSPS) is 11.6. The van der Waals surface area contributed by atoms with Crippen molar-refractivity contribution in [2.45, 2.75) is 79.1 Å². The maximum atomic E-state index is 5.51. The van der Waals surface area contributed by atoms with E-state index in [1.807, 2.05) is 48.6 Å². The van der Waals surface area contributed by atoms with Crippen LogP contribution in [0.25, 0.3) is 11.1 Å². The molecule has 6 rings (SSSR count). The van der Waals surface area contributed by atoms with Crippen molar-refractivity contribution in [3.05, 3.63) is 153 Å². The summed E-state index contributed by atoms with van der Waals surface area (Å²) in [5, 5.41) is 1.48. The molecule has 46 heavy (non-hydrogen) atoms. The molecule has 0 unspecified atom stereocenters. The van der Waals surface area contributed by atoms with Crippen LogP contribution >= 0.6 is 48.0 Å². The van der Waals surface area contributed by atoms with Gasteiger partial charge < -0.3 is 0 Å². The third-order valence-corrected chi connectivity index (χ3v) is 7.47. The van der Waals surface area contributed by atoms with Crippen LogP contribution in [-0.2, 0) is 41.5 Å². The van der Waals surface area contributed by atoms with Crippen molar-refractivity contribution < 1.29 is 24.2 Å². The molecule has 0 aromatic heterocycles. The minimum absolute atomic E-state index is 0. The molecule has 0 spiro atoms. The van der Waals surface area contributed by atoms with Gasteiger partial charge in [0.25, 0.3) is 0 Å². The molecule has 246 valence electrons. The van der Waals surface area contributed by atoms with Gasteiger partial charge >= 0.3 is 28.4 Å². The Morgan fingerprint density at radius 1 is 0.761 bits per heavy atom. The fourth-order valence-corrected chi connectivity index (χ4v) is 5.38. The van der Waals surface area contributed by atoms with E-state index >= 15 is 0 Å². The molecule has 0 amide bonds. The summed E-state index contributed by atoms with van der Waals surface area (Å²) in [6.07, 6.45) is 11.0. The second kappa shape index (κ2) is 21.3. The van der Waals surface area contributed by atoms with Crippen molar-refractivity contribution >= 4 is 52.2 Å². The summed E-state index contributed by atoms with van der Waals surface area (Å²) in [5.41, 5.74) is 11.6. The second-order valence-electron chi connectivity index (χ2n) is 12.6. The predicted octanol–water partition coefficient (Wildman–Crippen LogP) is 12.7. The van der Waals surface area contributed by atoms with Crippen molar-refractivity contribution in [1.82, 2.24) is 0 Å². The van der Waals surface area contributed by atoms with Crippen LogP contribution in [0.1, 0.15) is 81.3 Å². The predicted molar refractivity (Wildman–Crippen MR) is 204 cm³/mol. The van der Waals surface area contributed by atoms with Gasteiger partial charge in [0.15, 0.2) is 0 Å². The van der Waals surface area contributed by atoms with E-state index in [-0.39, 0.29) is 35.6 Å². The van der Waals surface area contributed by atoms with Crippen molar-refractivity contribution in [3.63, 3.8) is 0 Å². The number of allylic oxidation sites excluding steroid dienone is 4. The Labute approximate surface area is 316 Å². The summed E-state index contributed by atoms with van der Waals surface area (Å²) in [6.45, 7) is 18.2. The van der Waals surface area contributed by atoms with Crippen LogP contribution < -0.4 is 0 Å². The number of fused-ring (bicyclic) bond motifs is 3. The summed E-state index contributed by atoms with van der Waals surface area (Å²) < 4.78 is 3.34. The van der Waals surface area contributed by atoms with E-state index in [0.29, 0.717) is 0 Å². The Bertz CT molecular complexity index is 1410. The van der Waals surface area contributed by atoms with Crippen LogP contribution in [-0.4, -0.2) is 4.21 Å². The molecule has 5 heteroatoms. The first kappa shape index (κ1) is 44.3. The molecule has 0 saturated heterocycles. The molecule has 4 aromatic rings. The van der Waals surface area contributed by atoms with Crippen LogP contribution in [0.5, 0.6) is 0 Å². The fraction of sp³-hybridized carbons (Fsp3) is 0.293. The molecule has 0 heterocycles. The maximum absolute atomic E-state index is 5.51. The molecular formula is C41H46Cl4Zr-4. The fourth-order valence-electron chi connectivity index (χ4n) is 5.11. The van der Waals surface area contributed by atoms with E-state index in [0.717, 1.165) is 22.9 Å². The summed E-state index contributed by atoms with van der Waals surface area (Å²) in [5.74, 6) is 0. The van der Waals surface area contributed by atoms with Gasteiger partial charge in [0.1, 0.15) is 0 Å². The number of hydrogen-bond acceptors (Lipinski definition) is 0. The molecule has 0 atom stereocenters. The van der Waals surface area contributed by atoms with Gasteiger partial charge in [0.05, 0.1) is 0 Å². The van der Waals surface area contributed by atoms with E-state index in [1.165, 1.54) is 68.7 Å². The quantitative estimate of drug-likeness (QED) is 0.138. The van der Waals surface area contributed by atoms with Gasteiger partial charge in [-0.3, -0.25) is 6.08 Å². The van der Waals surface area contributed by atoms with Gasteiger partial charge in [0, 0.05) is 0 Å². The van der Waals surface area contributed by atoms with Crippen LogP contribution in [0.4, 0.5) is 0 Å². The van der Waals surface area contributed by atoms with Crippen molar-refractivity contribution in [2.24, 2.45) is 0 Å². The van der Waals surface area contributed by atoms with E-state index in [9.17, 15) is 0 Å². The first-order valence-electron chi connectivity index (χ1n) is 14.8. The van der Waals surface area contributed by atoms with E-state index in [1.54, 1.807) is 12.1 Å². The average Bonchev–Trinajstić information content (AvgIpc) is 3.65. The van der Waals surface area contributed by atoms with E-state index < -0.39 is 0 Å². The SMILES string of the molecule is Cc1[c-]c2c(cc1C(C)(C)C)-c1cc(C(C)(C)C)c(C)cc1C2.Cl.Cl.Clc1c[c-]ccc1.Clc1c[c-]ccc1.[C-]1=CC=CC1.[CH2]=[Zr]. The molecule has 0 bridgehead atoms. The zero-order valence-corrected chi connectivity index (χ0v) is 33.9. The van der Waals surface area contributed by atoms with Crippen molar-refractivity contribution in [3.8, 4) is 11.1 Å². The Kier molecular flexibility index (Phi) is 20.5. The molecule has 0 fully saturated rings. The third kappa shape index (κ3) is 14.2. The van der Waals surface area contributed by atoms with Crippen LogP contribution in [0.2, 0.25) is 10.0 Å². The summed E-state index contributed by atoms with van der Waals surface area (Å²) in [6, 6.07) is 31.0. The van der Waals surface area contributed by atoms with Gasteiger partial charge in [-0.15, -0.1) is 47.9 Å². The number of rotatable bonds is 0. The van der Waals surface area contributed by atoms with Crippen LogP contribution in [0.3, 0.4) is 0 Å². The average molecular weight is 772 g/mol. The minimum atomic E-state index is 0. The third-order valence-electron chi connectivity index (χ3n) is 7.00. The van der Waals surface area contributed by atoms with Crippen LogP contribution in [0.15, 0.2) is 85.0 Å². The van der Waals surface area contributed by atoms with Gasteiger partial charge in [-0.05, 0) is 35.4 Å². The summed E-state index contributed by atoms with van der Waals surface area (Å²) >= 11 is 12.3. The van der Waals surface area contributed by atoms with Gasteiger partial charge in [-0.25, -0.2) is 12.2 Å². The molecule has 0 aliphatic heterocycles. The van der Waals surface area contributed by atoms with Gasteiger partial charge in [-0.1, -0.05) is 81.6 Å². The Balaban J connectivity index is 0.000000716. The van der Waals surface area contributed by atoms with Crippen molar-refractivity contribution in [2.75, 3.05) is 0 Å². The number of halogens is 4. The van der Waals surface area contributed by atoms with Gasteiger partial charge in [0.2, 0.25) is 0 Å². The topological polar surface area (TPSA) is 0 Å². The second-order valence-corrected chi connectivity index (χ2v) is 13.5. The zero-order valence-electron chi connectivity index (χ0n) is 28.3. The zero-order chi connectivity index (χ0) is 32.9. The molecule has 2 aliphatic carbocycles. The molecular weight excluding hydrogens is 725 g/mol. The molecule has 0 N–H and O–H groups in total. The Hall–Kier alpha value is -1.73. The number of benzene rings is 4. The van der Waals surface area contributed by atoms with E-state index in [4.69, 9.17) is 23.2 Å². The Morgan fingerprint density at radius 3 is 1.63 bits per heavy atom. The molecule has 2 aliphatic rings. The first-order valence-corrected chi connectivity index (χ1v) is 17.3. The Morgan fingerprint density at radius 2 is 1.28 bits per heavy atom. The summed E-state index contributed by atoms with van der Waals surface area (Å²) in [7, 11) is 0. The monoisotopic (exact) mass is 768 g/mol. The van der Waals surface area contributed by atoms with Crippen LogP contribution in [0, 0.1) is 38.1 Å². The summed E-state index contributed by atoms with van der Waals surface area (Å²) in [4.78, 5) is 0. The molecule has 0 nitrogen and oxygen atoms in total. The first-order chi connectivity index (χ1) is 20.8. The van der Waals surface area contributed by atoms with Gasteiger partial charge in [-0.2, -0.15) is 108 Å². The molecule has 0 radical (unpaired) electrons. The number of hydrogen-bond donors (Lipinski definition) is 0. The molecule has 4 aromatic carbocycles.